The predicted molar refractivity (Wildman–Crippen MR) is 204 cm³/mol. The van der Waals surface area contributed by atoms with Gasteiger partial charge >= 0.3 is 23.9 Å². The molecule has 10 atom stereocenters. The molecule has 0 radical (unpaired) electrons. The Morgan fingerprint density at radius 1 is 0.860 bits per heavy atom. The Hall–Kier alpha value is -3.18. The van der Waals surface area contributed by atoms with Gasteiger partial charge in [0.2, 0.25) is 0 Å². The second-order valence-electron chi connectivity index (χ2n) is 17.7. The maximum absolute atomic E-state index is 13.3. The first-order chi connectivity index (χ1) is 26.5. The zero-order valence-corrected chi connectivity index (χ0v) is 34.9. The molecule has 6 bridgehead atoms. The van der Waals surface area contributed by atoms with Crippen LogP contribution in [0.1, 0.15) is 113 Å². The second kappa shape index (κ2) is 18.8. The van der Waals surface area contributed by atoms with Crippen molar-refractivity contribution < 1.29 is 72.8 Å². The first-order valence-corrected chi connectivity index (χ1v) is 19.9. The third-order valence-electron chi connectivity index (χ3n) is 11.7. The highest BCUT2D eigenvalue weighted by Crippen LogP contribution is 2.50. The highest BCUT2D eigenvalue weighted by atomic mass is 16.6. The number of hydrogen-bond donors (Lipinski definition) is 4. The standard InChI is InChI=1S/C42H64O15/c1-24(2)12-37(47)55-34-21-31-18-28(44)19-38(48)54-33(25(3)43)20-30-15-27(17-36(46)52-9)22-41(49,56-30)39(4,5)11-10-29-13-26(16-35(45)51-8)14-32(53-29)23-42(50,57-31)40(34,6)7/h10-11,16-17,24-25,28-34,43-44,49-50H,12-15,18-23H2,1-9H3/b11-10-,26-16+,27-17+/t25-,28-,29+,30+,31-,32+,33-,34+,41-,42+/m1/s1. The molecule has 3 fully saturated rings. The van der Waals surface area contributed by atoms with Crippen LogP contribution in [-0.4, -0.2) is 119 Å². The number of hydrogen-bond acceptors (Lipinski definition) is 15. The number of esters is 4. The summed E-state index contributed by atoms with van der Waals surface area (Å²) in [6.45, 7) is 12.2. The minimum atomic E-state index is -1.99. The molecule has 0 amide bonds. The minimum absolute atomic E-state index is 0.0182. The number of cyclic esters (lactones) is 1. The number of ether oxygens (including phenoxy) is 7. The van der Waals surface area contributed by atoms with Crippen molar-refractivity contribution in [3.8, 4) is 0 Å². The third kappa shape index (κ3) is 12.0. The van der Waals surface area contributed by atoms with E-state index in [9.17, 15) is 39.6 Å². The average Bonchev–Trinajstić information content (AvgIpc) is 3.08. The van der Waals surface area contributed by atoms with Gasteiger partial charge in [-0.25, -0.2) is 9.59 Å². The normalized spacial score (nSPS) is 37.4. The smallest absolute Gasteiger partial charge is 0.330 e. The first-order valence-electron chi connectivity index (χ1n) is 19.9. The van der Waals surface area contributed by atoms with E-state index in [4.69, 9.17) is 33.2 Å². The van der Waals surface area contributed by atoms with Gasteiger partial charge in [0, 0.05) is 56.1 Å². The van der Waals surface area contributed by atoms with E-state index in [0.29, 0.717) is 11.1 Å². The number of aliphatic hydroxyl groups is 4. The van der Waals surface area contributed by atoms with Gasteiger partial charge in [0.05, 0.1) is 62.7 Å². The van der Waals surface area contributed by atoms with E-state index in [1.54, 1.807) is 39.8 Å². The fourth-order valence-electron chi connectivity index (χ4n) is 8.07. The van der Waals surface area contributed by atoms with Crippen molar-refractivity contribution in [3.63, 3.8) is 0 Å². The van der Waals surface area contributed by atoms with Crippen LogP contribution in [0.4, 0.5) is 0 Å². The summed E-state index contributed by atoms with van der Waals surface area (Å²) in [7, 11) is 2.52. The van der Waals surface area contributed by atoms with E-state index < -0.39 is 102 Å². The summed E-state index contributed by atoms with van der Waals surface area (Å²) < 4.78 is 40.8. The molecule has 0 aliphatic carbocycles. The van der Waals surface area contributed by atoms with Gasteiger partial charge in [-0.3, -0.25) is 9.59 Å². The van der Waals surface area contributed by atoms with Crippen LogP contribution in [0.5, 0.6) is 0 Å². The molecular weight excluding hydrogens is 744 g/mol. The van der Waals surface area contributed by atoms with E-state index in [-0.39, 0.29) is 63.7 Å². The summed E-state index contributed by atoms with van der Waals surface area (Å²) in [6, 6.07) is 0. The van der Waals surface area contributed by atoms with Crippen molar-refractivity contribution in [2.75, 3.05) is 14.2 Å². The van der Waals surface area contributed by atoms with Gasteiger partial charge in [-0.2, -0.15) is 0 Å². The number of carbonyl (C=O) groups is 4. The highest BCUT2D eigenvalue weighted by Gasteiger charge is 2.58. The summed E-state index contributed by atoms with van der Waals surface area (Å²) >= 11 is 0. The highest BCUT2D eigenvalue weighted by molar-refractivity contribution is 5.83. The van der Waals surface area contributed by atoms with Crippen LogP contribution < -0.4 is 0 Å². The summed E-state index contributed by atoms with van der Waals surface area (Å²) in [4.78, 5) is 51.2. The van der Waals surface area contributed by atoms with Crippen LogP contribution in [0.25, 0.3) is 0 Å². The molecule has 4 rings (SSSR count). The Bertz CT molecular complexity index is 1540. The van der Waals surface area contributed by atoms with Gasteiger partial charge in [-0.1, -0.05) is 64.8 Å². The first kappa shape index (κ1) is 46.5. The molecule has 322 valence electrons. The van der Waals surface area contributed by atoms with Gasteiger partial charge < -0.3 is 53.6 Å². The molecule has 0 unspecified atom stereocenters. The molecule has 0 spiro atoms. The van der Waals surface area contributed by atoms with E-state index in [0.717, 1.165) is 0 Å². The number of methoxy groups -OCH3 is 2. The Morgan fingerprint density at radius 2 is 1.47 bits per heavy atom. The Balaban J connectivity index is 1.80. The quantitative estimate of drug-likeness (QED) is 0.130. The van der Waals surface area contributed by atoms with Crippen molar-refractivity contribution in [2.45, 2.75) is 173 Å². The fraction of sp³-hybridized carbons (Fsp3) is 0.762. The van der Waals surface area contributed by atoms with Crippen LogP contribution in [0.3, 0.4) is 0 Å². The van der Waals surface area contributed by atoms with E-state index in [1.807, 2.05) is 13.8 Å². The van der Waals surface area contributed by atoms with Crippen LogP contribution in [-0.2, 0) is 52.3 Å². The van der Waals surface area contributed by atoms with E-state index in [2.05, 4.69) is 0 Å². The largest absolute Gasteiger partial charge is 0.466 e. The molecular formula is C42H64O15. The lowest BCUT2D eigenvalue weighted by atomic mass is 9.70. The lowest BCUT2D eigenvalue weighted by molar-refractivity contribution is -0.348. The van der Waals surface area contributed by atoms with Crippen LogP contribution >= 0.6 is 0 Å². The van der Waals surface area contributed by atoms with Gasteiger partial charge in [0.1, 0.15) is 12.2 Å². The molecule has 3 saturated heterocycles. The van der Waals surface area contributed by atoms with Crippen LogP contribution in [0.15, 0.2) is 35.5 Å². The molecule has 0 aromatic rings. The summed E-state index contributed by atoms with van der Waals surface area (Å²) in [5.74, 6) is -6.35. The molecule has 0 aromatic carbocycles. The maximum atomic E-state index is 13.3. The lowest BCUT2D eigenvalue weighted by Gasteiger charge is -2.53. The Kier molecular flexibility index (Phi) is 15.4. The molecule has 4 aliphatic heterocycles. The minimum Gasteiger partial charge on any atom is -0.466 e. The van der Waals surface area contributed by atoms with Crippen LogP contribution in [0, 0.1) is 16.7 Å². The van der Waals surface area contributed by atoms with Crippen LogP contribution in [0.2, 0.25) is 0 Å². The number of carbonyl (C=O) groups excluding carboxylic acids is 4. The molecule has 4 aliphatic rings. The topological polar surface area (TPSA) is 214 Å². The molecule has 4 N–H and O–H groups in total. The molecule has 0 aromatic heterocycles. The van der Waals surface area contributed by atoms with E-state index >= 15 is 0 Å². The average molecular weight is 809 g/mol. The Labute approximate surface area is 335 Å². The Morgan fingerprint density at radius 3 is 2.09 bits per heavy atom. The molecule has 4 heterocycles. The zero-order chi connectivity index (χ0) is 42.5. The number of fused-ring (bicyclic) bond motifs is 6. The van der Waals surface area contributed by atoms with Gasteiger partial charge in [0.15, 0.2) is 11.6 Å². The predicted octanol–water partition coefficient (Wildman–Crippen LogP) is 3.87. The maximum Gasteiger partial charge on any atom is 0.330 e. The number of rotatable bonds is 6. The molecule has 15 nitrogen and oxygen atoms in total. The summed E-state index contributed by atoms with van der Waals surface area (Å²) in [5.41, 5.74) is -1.16. The summed E-state index contributed by atoms with van der Waals surface area (Å²) in [6.07, 6.45) is -1.37. The molecule has 57 heavy (non-hydrogen) atoms. The zero-order valence-electron chi connectivity index (χ0n) is 34.9. The SMILES string of the molecule is COC(=O)/C=C1/C[C@H]2C[C@]3(O)O[C@H](C[C@@H](O)CC(=O)O[C@@H]([C@@H](C)O)C[C@@H]4C/C(=C\C(=O)OC)C[C@@](O)(O4)C(C)(C)/C=C\[C@@H](C1)O2)C[C@H](OC(=O)CC(C)C)C3(C)C. The van der Waals surface area contributed by atoms with Crippen molar-refractivity contribution >= 4 is 23.9 Å². The van der Waals surface area contributed by atoms with Crippen molar-refractivity contribution in [1.82, 2.24) is 0 Å². The molecule has 0 saturated carbocycles. The fourth-order valence-corrected chi connectivity index (χ4v) is 8.07. The molecule has 15 heteroatoms. The second-order valence-corrected chi connectivity index (χ2v) is 17.7. The lowest BCUT2D eigenvalue weighted by Crippen LogP contribution is -2.62. The van der Waals surface area contributed by atoms with Crippen molar-refractivity contribution in [1.29, 1.82) is 0 Å². The van der Waals surface area contributed by atoms with Crippen molar-refractivity contribution in [3.05, 3.63) is 35.5 Å². The van der Waals surface area contributed by atoms with Gasteiger partial charge in [0.25, 0.3) is 0 Å². The van der Waals surface area contributed by atoms with Gasteiger partial charge in [-0.15, -0.1) is 0 Å². The van der Waals surface area contributed by atoms with Gasteiger partial charge in [-0.05, 0) is 32.1 Å². The van der Waals surface area contributed by atoms with Crippen molar-refractivity contribution in [2.24, 2.45) is 16.7 Å². The monoisotopic (exact) mass is 808 g/mol. The third-order valence-corrected chi connectivity index (χ3v) is 11.7. The summed E-state index contributed by atoms with van der Waals surface area (Å²) in [5, 5.41) is 46.7. The number of aliphatic hydroxyl groups excluding tert-OH is 2. The van der Waals surface area contributed by atoms with E-state index in [1.165, 1.54) is 33.3 Å².